The van der Waals surface area contributed by atoms with Crippen LogP contribution in [0, 0.1) is 3.57 Å². The minimum absolute atomic E-state index is 0.342. The summed E-state index contributed by atoms with van der Waals surface area (Å²) in [6.07, 6.45) is 0. The van der Waals surface area contributed by atoms with Crippen molar-refractivity contribution in [3.63, 3.8) is 0 Å². The van der Waals surface area contributed by atoms with Crippen molar-refractivity contribution in [2.24, 2.45) is 0 Å². The summed E-state index contributed by atoms with van der Waals surface area (Å²) >= 11 is 2.19. The summed E-state index contributed by atoms with van der Waals surface area (Å²) in [5.74, 6) is -0.0244. The molecule has 0 bridgehead atoms. The Hall–Kier alpha value is -1.24. The number of aromatic amines is 1. The lowest BCUT2D eigenvalue weighted by Gasteiger charge is -2.01. The van der Waals surface area contributed by atoms with E-state index < -0.39 is 0 Å². The second kappa shape index (κ2) is 4.32. The van der Waals surface area contributed by atoms with Crippen molar-refractivity contribution < 1.29 is 9.53 Å². The molecule has 0 amide bonds. The number of fused-ring (bicyclic) bond motifs is 1. The summed E-state index contributed by atoms with van der Waals surface area (Å²) in [5.41, 5.74) is 7.05. The standard InChI is InChI=1S/C11H11IN2O2/c1-2-16-11(15)9-7-5-6(12)3-4-8(7)14-10(9)13/h3-5,14H,2,13H2,1H3. The predicted molar refractivity (Wildman–Crippen MR) is 71.4 cm³/mol. The van der Waals surface area contributed by atoms with E-state index in [2.05, 4.69) is 27.6 Å². The van der Waals surface area contributed by atoms with Gasteiger partial charge in [-0.15, -0.1) is 0 Å². The van der Waals surface area contributed by atoms with Crippen LogP contribution in [0.25, 0.3) is 10.9 Å². The third kappa shape index (κ3) is 1.87. The van der Waals surface area contributed by atoms with Crippen LogP contribution in [0.3, 0.4) is 0 Å². The smallest absolute Gasteiger partial charge is 0.342 e. The highest BCUT2D eigenvalue weighted by Gasteiger charge is 2.17. The van der Waals surface area contributed by atoms with E-state index in [0.29, 0.717) is 18.0 Å². The maximum Gasteiger partial charge on any atom is 0.342 e. The van der Waals surface area contributed by atoms with Gasteiger partial charge < -0.3 is 15.5 Å². The van der Waals surface area contributed by atoms with Gasteiger partial charge in [-0.3, -0.25) is 0 Å². The monoisotopic (exact) mass is 330 g/mol. The summed E-state index contributed by atoms with van der Waals surface area (Å²) in [7, 11) is 0. The number of benzene rings is 1. The largest absolute Gasteiger partial charge is 0.462 e. The summed E-state index contributed by atoms with van der Waals surface area (Å²) < 4.78 is 6.02. The first-order chi connectivity index (χ1) is 7.63. The maximum absolute atomic E-state index is 11.7. The van der Waals surface area contributed by atoms with Crippen molar-refractivity contribution in [1.82, 2.24) is 4.98 Å². The molecule has 0 aliphatic carbocycles. The van der Waals surface area contributed by atoms with Crippen LogP contribution in [0.2, 0.25) is 0 Å². The Kier molecular flexibility index (Phi) is 3.04. The maximum atomic E-state index is 11.7. The third-order valence-corrected chi connectivity index (χ3v) is 2.94. The highest BCUT2D eigenvalue weighted by molar-refractivity contribution is 14.1. The molecule has 4 nitrogen and oxygen atoms in total. The second-order valence-electron chi connectivity index (χ2n) is 3.32. The molecule has 0 saturated heterocycles. The molecule has 84 valence electrons. The van der Waals surface area contributed by atoms with Gasteiger partial charge in [0.05, 0.1) is 6.61 Å². The molecule has 1 heterocycles. The van der Waals surface area contributed by atoms with Crippen LogP contribution in [-0.4, -0.2) is 17.6 Å². The summed E-state index contributed by atoms with van der Waals surface area (Å²) in [6.45, 7) is 2.11. The number of nitrogens with one attached hydrogen (secondary N) is 1. The molecule has 5 heteroatoms. The van der Waals surface area contributed by atoms with Crippen LogP contribution in [0.15, 0.2) is 18.2 Å². The normalized spacial score (nSPS) is 10.6. The third-order valence-electron chi connectivity index (χ3n) is 2.27. The molecular formula is C11H11IN2O2. The van der Waals surface area contributed by atoms with Gasteiger partial charge in [-0.2, -0.15) is 0 Å². The minimum atomic E-state index is -0.381. The molecule has 1 aromatic heterocycles. The van der Waals surface area contributed by atoms with Gasteiger partial charge in [0, 0.05) is 14.5 Å². The van der Waals surface area contributed by atoms with Gasteiger partial charge in [0.1, 0.15) is 11.4 Å². The number of nitrogen functional groups attached to an aromatic ring is 1. The van der Waals surface area contributed by atoms with E-state index in [0.717, 1.165) is 14.5 Å². The number of hydrogen-bond acceptors (Lipinski definition) is 3. The number of esters is 1. The lowest BCUT2D eigenvalue weighted by molar-refractivity contribution is 0.0530. The lowest BCUT2D eigenvalue weighted by Crippen LogP contribution is -2.06. The molecule has 2 rings (SSSR count). The Morgan fingerprint density at radius 1 is 1.56 bits per heavy atom. The molecule has 0 atom stereocenters. The summed E-state index contributed by atoms with van der Waals surface area (Å²) in [6, 6.07) is 5.76. The Balaban J connectivity index is 2.62. The molecule has 0 fully saturated rings. The molecule has 0 saturated carbocycles. The van der Waals surface area contributed by atoms with Crippen LogP contribution in [0.1, 0.15) is 17.3 Å². The van der Waals surface area contributed by atoms with Gasteiger partial charge >= 0.3 is 5.97 Å². The fourth-order valence-corrected chi connectivity index (χ4v) is 2.10. The Labute approximate surface area is 106 Å². The van der Waals surface area contributed by atoms with Crippen LogP contribution >= 0.6 is 22.6 Å². The van der Waals surface area contributed by atoms with E-state index in [4.69, 9.17) is 10.5 Å². The van der Waals surface area contributed by atoms with Gasteiger partial charge in [-0.25, -0.2) is 4.79 Å². The Morgan fingerprint density at radius 2 is 2.31 bits per heavy atom. The van der Waals surface area contributed by atoms with Crippen molar-refractivity contribution in [3.8, 4) is 0 Å². The van der Waals surface area contributed by atoms with Crippen molar-refractivity contribution in [1.29, 1.82) is 0 Å². The number of ether oxygens (including phenoxy) is 1. The van der Waals surface area contributed by atoms with Gasteiger partial charge in [-0.1, -0.05) is 0 Å². The Morgan fingerprint density at radius 3 is 3.00 bits per heavy atom. The first-order valence-corrected chi connectivity index (χ1v) is 5.95. The van der Waals surface area contributed by atoms with Crippen LogP contribution in [0.5, 0.6) is 0 Å². The Bertz CT molecular complexity index is 548. The number of aromatic nitrogens is 1. The van der Waals surface area contributed by atoms with Crippen molar-refractivity contribution in [2.45, 2.75) is 6.92 Å². The molecule has 2 aromatic rings. The fourth-order valence-electron chi connectivity index (χ4n) is 1.61. The highest BCUT2D eigenvalue weighted by Crippen LogP contribution is 2.26. The zero-order chi connectivity index (χ0) is 11.7. The minimum Gasteiger partial charge on any atom is -0.462 e. The molecule has 0 aliphatic rings. The number of rotatable bonds is 2. The van der Waals surface area contributed by atoms with Crippen molar-refractivity contribution >= 4 is 45.3 Å². The van der Waals surface area contributed by atoms with Gasteiger partial charge in [0.15, 0.2) is 0 Å². The molecule has 3 N–H and O–H groups in total. The van der Waals surface area contributed by atoms with Gasteiger partial charge in [-0.05, 0) is 47.7 Å². The molecule has 0 aliphatic heterocycles. The van der Waals surface area contributed by atoms with E-state index in [1.807, 2.05) is 18.2 Å². The number of anilines is 1. The average molecular weight is 330 g/mol. The summed E-state index contributed by atoms with van der Waals surface area (Å²) in [4.78, 5) is 14.7. The molecule has 0 radical (unpaired) electrons. The molecule has 1 aromatic carbocycles. The number of nitrogens with two attached hydrogens (primary N) is 1. The molecular weight excluding hydrogens is 319 g/mol. The number of H-pyrrole nitrogens is 1. The van der Waals surface area contributed by atoms with Crippen LogP contribution in [-0.2, 0) is 4.74 Å². The van der Waals surface area contributed by atoms with E-state index in [1.165, 1.54) is 0 Å². The topological polar surface area (TPSA) is 68.1 Å². The average Bonchev–Trinajstić information content (AvgIpc) is 2.53. The number of hydrogen-bond donors (Lipinski definition) is 2. The van der Waals surface area contributed by atoms with Crippen molar-refractivity contribution in [3.05, 3.63) is 27.3 Å². The van der Waals surface area contributed by atoms with Crippen LogP contribution < -0.4 is 5.73 Å². The van der Waals surface area contributed by atoms with E-state index in [9.17, 15) is 4.79 Å². The predicted octanol–water partition coefficient (Wildman–Crippen LogP) is 2.53. The van der Waals surface area contributed by atoms with E-state index in [1.54, 1.807) is 6.92 Å². The SMILES string of the molecule is CCOC(=O)c1c(N)[nH]c2ccc(I)cc12. The fraction of sp³-hybridized carbons (Fsp3) is 0.182. The van der Waals surface area contributed by atoms with Crippen molar-refractivity contribution in [2.75, 3.05) is 12.3 Å². The second-order valence-corrected chi connectivity index (χ2v) is 4.57. The number of carbonyl (C=O) groups is 1. The first-order valence-electron chi connectivity index (χ1n) is 4.87. The molecule has 16 heavy (non-hydrogen) atoms. The first kappa shape index (κ1) is 11.3. The van der Waals surface area contributed by atoms with E-state index in [-0.39, 0.29) is 5.97 Å². The van der Waals surface area contributed by atoms with Crippen LogP contribution in [0.4, 0.5) is 5.82 Å². The number of carbonyl (C=O) groups excluding carboxylic acids is 1. The molecule has 0 spiro atoms. The molecule has 0 unspecified atom stereocenters. The van der Waals surface area contributed by atoms with E-state index >= 15 is 0 Å². The lowest BCUT2D eigenvalue weighted by atomic mass is 10.1. The zero-order valence-electron chi connectivity index (χ0n) is 8.71. The van der Waals surface area contributed by atoms with Gasteiger partial charge in [0.2, 0.25) is 0 Å². The highest BCUT2D eigenvalue weighted by atomic mass is 127. The number of halogens is 1. The zero-order valence-corrected chi connectivity index (χ0v) is 10.9. The summed E-state index contributed by atoms with van der Waals surface area (Å²) in [5, 5.41) is 0.808. The quantitative estimate of drug-likeness (QED) is 0.657. The van der Waals surface area contributed by atoms with Gasteiger partial charge in [0.25, 0.3) is 0 Å².